The molecule has 0 heterocycles. The van der Waals surface area contributed by atoms with Gasteiger partial charge in [-0.25, -0.2) is 0 Å². The maximum Gasteiger partial charge on any atom is 0.0614 e. The summed E-state index contributed by atoms with van der Waals surface area (Å²) in [7, 11) is 0. The van der Waals surface area contributed by atoms with Gasteiger partial charge in [0.05, 0.1) is 6.61 Å². The Hall–Kier alpha value is -0.820. The third-order valence-corrected chi connectivity index (χ3v) is 2.74. The van der Waals surface area contributed by atoms with Crippen LogP contribution in [-0.2, 0) is 0 Å². The largest absolute Gasteiger partial charge is 0.392 e. The van der Waals surface area contributed by atoms with E-state index in [0.717, 1.165) is 19.3 Å². The summed E-state index contributed by atoms with van der Waals surface area (Å²) in [4.78, 5) is 0. The summed E-state index contributed by atoms with van der Waals surface area (Å²) in [5, 5.41) is 8.80. The van der Waals surface area contributed by atoms with E-state index in [0.29, 0.717) is 5.92 Å². The Morgan fingerprint density at radius 3 is 2.24 bits per heavy atom. The molecule has 0 aromatic carbocycles. The van der Waals surface area contributed by atoms with Gasteiger partial charge < -0.3 is 5.11 Å². The van der Waals surface area contributed by atoms with Crippen LogP contribution in [0.3, 0.4) is 0 Å². The minimum absolute atomic E-state index is 0.155. The highest BCUT2D eigenvalue weighted by Gasteiger charge is 2.00. The summed E-state index contributed by atoms with van der Waals surface area (Å²) in [6.07, 6.45) is 9.87. The number of aliphatic hydroxyl groups is 1. The van der Waals surface area contributed by atoms with E-state index in [4.69, 9.17) is 5.11 Å². The lowest BCUT2D eigenvalue weighted by Crippen LogP contribution is -1.94. The molecular formula is C16H28O. The SMILES string of the molecule is CC(C)=CCC/C(C)=C/C(C)C/C(C)=C/CO. The maximum atomic E-state index is 8.80. The van der Waals surface area contributed by atoms with Crippen LogP contribution in [0.2, 0.25) is 0 Å². The minimum Gasteiger partial charge on any atom is -0.392 e. The Balaban J connectivity index is 4.10. The first kappa shape index (κ1) is 16.2. The third-order valence-electron chi connectivity index (χ3n) is 2.74. The van der Waals surface area contributed by atoms with Crippen molar-refractivity contribution in [3.05, 3.63) is 34.9 Å². The molecule has 98 valence electrons. The molecule has 0 aliphatic carbocycles. The van der Waals surface area contributed by atoms with Crippen LogP contribution in [-0.4, -0.2) is 11.7 Å². The van der Waals surface area contributed by atoms with E-state index in [1.165, 1.54) is 16.7 Å². The van der Waals surface area contributed by atoms with Crippen molar-refractivity contribution in [2.45, 2.75) is 53.9 Å². The topological polar surface area (TPSA) is 20.2 Å². The molecule has 0 amide bonds. The molecule has 0 rings (SSSR count). The molecule has 1 nitrogen and oxygen atoms in total. The Bertz CT molecular complexity index is 291. The Kier molecular flexibility index (Phi) is 8.79. The predicted molar refractivity (Wildman–Crippen MR) is 77.0 cm³/mol. The molecule has 0 spiro atoms. The van der Waals surface area contributed by atoms with Gasteiger partial charge in [-0.05, 0) is 52.9 Å². The fourth-order valence-electron chi connectivity index (χ4n) is 1.96. The van der Waals surface area contributed by atoms with Gasteiger partial charge in [-0.1, -0.05) is 41.9 Å². The van der Waals surface area contributed by atoms with Crippen LogP contribution in [0.1, 0.15) is 53.9 Å². The van der Waals surface area contributed by atoms with Gasteiger partial charge in [-0.15, -0.1) is 0 Å². The van der Waals surface area contributed by atoms with Crippen molar-refractivity contribution in [1.29, 1.82) is 0 Å². The first-order valence-electron chi connectivity index (χ1n) is 6.52. The molecule has 0 saturated carbocycles. The lowest BCUT2D eigenvalue weighted by Gasteiger charge is -2.08. The summed E-state index contributed by atoms with van der Waals surface area (Å²) < 4.78 is 0. The molecule has 0 radical (unpaired) electrons. The van der Waals surface area contributed by atoms with Crippen molar-refractivity contribution < 1.29 is 5.11 Å². The smallest absolute Gasteiger partial charge is 0.0614 e. The van der Waals surface area contributed by atoms with E-state index in [-0.39, 0.29) is 6.61 Å². The van der Waals surface area contributed by atoms with Gasteiger partial charge in [-0.2, -0.15) is 0 Å². The van der Waals surface area contributed by atoms with Gasteiger partial charge in [0.15, 0.2) is 0 Å². The highest BCUT2D eigenvalue weighted by molar-refractivity contribution is 5.07. The highest BCUT2D eigenvalue weighted by atomic mass is 16.2. The maximum absolute atomic E-state index is 8.80. The van der Waals surface area contributed by atoms with E-state index < -0.39 is 0 Å². The average Bonchev–Trinajstić information content (AvgIpc) is 2.16. The van der Waals surface area contributed by atoms with Crippen molar-refractivity contribution in [1.82, 2.24) is 0 Å². The number of aliphatic hydroxyl groups excluding tert-OH is 1. The fourth-order valence-corrected chi connectivity index (χ4v) is 1.96. The second kappa shape index (κ2) is 9.23. The van der Waals surface area contributed by atoms with E-state index in [2.05, 4.69) is 46.8 Å². The molecule has 17 heavy (non-hydrogen) atoms. The highest BCUT2D eigenvalue weighted by Crippen LogP contribution is 2.16. The Labute approximate surface area is 107 Å². The molecule has 0 aromatic rings. The first-order valence-corrected chi connectivity index (χ1v) is 6.52. The van der Waals surface area contributed by atoms with Crippen molar-refractivity contribution in [2.24, 2.45) is 5.92 Å². The van der Waals surface area contributed by atoms with Crippen LogP contribution in [0.4, 0.5) is 0 Å². The van der Waals surface area contributed by atoms with Crippen LogP contribution in [0, 0.1) is 5.92 Å². The molecule has 1 unspecified atom stereocenters. The van der Waals surface area contributed by atoms with Gasteiger partial charge in [0.1, 0.15) is 0 Å². The second-order valence-electron chi connectivity index (χ2n) is 5.25. The summed E-state index contributed by atoms with van der Waals surface area (Å²) in [5.41, 5.74) is 4.13. The van der Waals surface area contributed by atoms with E-state index in [1.54, 1.807) is 0 Å². The summed E-state index contributed by atoms with van der Waals surface area (Å²) in [5.74, 6) is 0.560. The van der Waals surface area contributed by atoms with Crippen molar-refractivity contribution in [3.8, 4) is 0 Å². The standard InChI is InChI=1S/C16H28O/c1-13(2)7-6-8-14(3)11-16(5)12-15(4)9-10-17/h7,9,11,16-17H,6,8,10,12H2,1-5H3/b14-11+,15-9+. The number of hydrogen-bond acceptors (Lipinski definition) is 1. The average molecular weight is 236 g/mol. The monoisotopic (exact) mass is 236 g/mol. The Morgan fingerprint density at radius 1 is 1.06 bits per heavy atom. The fraction of sp³-hybridized carbons (Fsp3) is 0.625. The third kappa shape index (κ3) is 10.1. The van der Waals surface area contributed by atoms with E-state index in [1.807, 2.05) is 6.08 Å². The van der Waals surface area contributed by atoms with E-state index >= 15 is 0 Å². The zero-order valence-electron chi connectivity index (χ0n) is 12.1. The van der Waals surface area contributed by atoms with Crippen LogP contribution in [0.5, 0.6) is 0 Å². The van der Waals surface area contributed by atoms with Gasteiger partial charge in [-0.3, -0.25) is 0 Å². The summed E-state index contributed by atoms with van der Waals surface area (Å²) in [6, 6.07) is 0. The molecule has 0 saturated heterocycles. The zero-order valence-corrected chi connectivity index (χ0v) is 12.1. The van der Waals surface area contributed by atoms with Crippen LogP contribution < -0.4 is 0 Å². The predicted octanol–water partition coefficient (Wildman–Crippen LogP) is 4.64. The minimum atomic E-state index is 0.155. The molecule has 0 aliphatic heterocycles. The van der Waals surface area contributed by atoms with Gasteiger partial charge >= 0.3 is 0 Å². The lowest BCUT2D eigenvalue weighted by atomic mass is 9.98. The number of hydrogen-bond donors (Lipinski definition) is 1. The van der Waals surface area contributed by atoms with Crippen molar-refractivity contribution in [3.63, 3.8) is 0 Å². The quantitative estimate of drug-likeness (QED) is 0.638. The second-order valence-corrected chi connectivity index (χ2v) is 5.25. The van der Waals surface area contributed by atoms with Crippen LogP contribution in [0.15, 0.2) is 34.9 Å². The normalized spacial score (nSPS) is 14.7. The van der Waals surface area contributed by atoms with Gasteiger partial charge in [0, 0.05) is 0 Å². The van der Waals surface area contributed by atoms with Crippen LogP contribution >= 0.6 is 0 Å². The molecule has 0 aromatic heterocycles. The Morgan fingerprint density at radius 2 is 1.71 bits per heavy atom. The molecular weight excluding hydrogens is 208 g/mol. The van der Waals surface area contributed by atoms with Crippen molar-refractivity contribution >= 4 is 0 Å². The van der Waals surface area contributed by atoms with Gasteiger partial charge in [0.25, 0.3) is 0 Å². The van der Waals surface area contributed by atoms with Crippen LogP contribution in [0.25, 0.3) is 0 Å². The molecule has 0 fully saturated rings. The lowest BCUT2D eigenvalue weighted by molar-refractivity contribution is 0.341. The zero-order chi connectivity index (χ0) is 13.3. The molecule has 0 bridgehead atoms. The molecule has 0 aliphatic rings. The molecule has 1 N–H and O–H groups in total. The summed E-state index contributed by atoms with van der Waals surface area (Å²) in [6.45, 7) is 11.0. The number of allylic oxidation sites excluding steroid dienone is 5. The van der Waals surface area contributed by atoms with Crippen molar-refractivity contribution in [2.75, 3.05) is 6.61 Å². The van der Waals surface area contributed by atoms with Gasteiger partial charge in [0.2, 0.25) is 0 Å². The molecule has 1 atom stereocenters. The number of rotatable bonds is 7. The van der Waals surface area contributed by atoms with E-state index in [9.17, 15) is 0 Å². The molecule has 1 heteroatoms. The summed E-state index contributed by atoms with van der Waals surface area (Å²) >= 11 is 0. The first-order chi connectivity index (χ1) is 7.95.